The molecule has 0 aliphatic carbocycles. The topological polar surface area (TPSA) is 105 Å². The summed E-state index contributed by atoms with van der Waals surface area (Å²) in [6, 6.07) is 28.7. The van der Waals surface area contributed by atoms with Crippen LogP contribution in [0.25, 0.3) is 0 Å². The van der Waals surface area contributed by atoms with E-state index in [0.717, 1.165) is 19.9 Å². The highest BCUT2D eigenvalue weighted by atomic mass is 79.9. The molecule has 47 heavy (non-hydrogen) atoms. The van der Waals surface area contributed by atoms with Crippen LogP contribution in [0.3, 0.4) is 0 Å². The Morgan fingerprint density at radius 3 is 2.09 bits per heavy atom. The number of benzene rings is 4. The molecule has 0 aromatic heterocycles. The Morgan fingerprint density at radius 1 is 0.830 bits per heavy atom. The fourth-order valence-corrected chi connectivity index (χ4v) is 6.92. The van der Waals surface area contributed by atoms with Crippen LogP contribution in [-0.2, 0) is 32.6 Å². The molecular weight excluding hydrogens is 682 g/mol. The van der Waals surface area contributed by atoms with Crippen molar-refractivity contribution in [2.75, 3.05) is 24.1 Å². The van der Waals surface area contributed by atoms with E-state index in [0.29, 0.717) is 24.7 Å². The van der Waals surface area contributed by atoms with Crippen molar-refractivity contribution in [3.63, 3.8) is 0 Å². The number of hydrogen-bond acceptors (Lipinski definition) is 6. The summed E-state index contributed by atoms with van der Waals surface area (Å²) >= 11 is 3.46. The number of amides is 2. The first-order valence-corrected chi connectivity index (χ1v) is 17.5. The summed E-state index contributed by atoms with van der Waals surface area (Å²) in [6.45, 7) is 5.82. The van der Waals surface area contributed by atoms with Gasteiger partial charge in [0.15, 0.2) is 11.5 Å². The number of nitrogens with one attached hydrogen (secondary N) is 1. The van der Waals surface area contributed by atoms with E-state index >= 15 is 0 Å². The predicted octanol–water partition coefficient (Wildman–Crippen LogP) is 5.97. The van der Waals surface area contributed by atoms with Crippen LogP contribution in [0.1, 0.15) is 31.9 Å². The van der Waals surface area contributed by atoms with Crippen LogP contribution in [0, 0.1) is 0 Å². The molecule has 4 aromatic carbocycles. The zero-order valence-corrected chi connectivity index (χ0v) is 29.0. The van der Waals surface area contributed by atoms with Gasteiger partial charge in [0.05, 0.1) is 10.6 Å². The van der Waals surface area contributed by atoms with Gasteiger partial charge in [-0.05, 0) is 68.3 Å². The molecule has 0 spiro atoms. The Morgan fingerprint density at radius 2 is 1.45 bits per heavy atom. The van der Waals surface area contributed by atoms with Gasteiger partial charge in [-0.3, -0.25) is 13.9 Å². The third-order valence-electron chi connectivity index (χ3n) is 7.46. The lowest BCUT2D eigenvalue weighted by atomic mass is 10.0. The van der Waals surface area contributed by atoms with Gasteiger partial charge in [-0.1, -0.05) is 76.6 Å². The smallest absolute Gasteiger partial charge is 0.264 e. The Kier molecular flexibility index (Phi) is 10.6. The zero-order valence-electron chi connectivity index (χ0n) is 26.6. The number of hydrogen-bond donors (Lipinski definition) is 1. The fraction of sp³-hybridized carbons (Fsp3) is 0.278. The van der Waals surface area contributed by atoms with Crippen LogP contribution in [0.4, 0.5) is 5.69 Å². The fourth-order valence-electron chi connectivity index (χ4n) is 5.23. The second-order valence-corrected chi connectivity index (χ2v) is 15.0. The van der Waals surface area contributed by atoms with E-state index < -0.39 is 34.1 Å². The van der Waals surface area contributed by atoms with Gasteiger partial charge in [-0.2, -0.15) is 0 Å². The second kappa shape index (κ2) is 14.6. The van der Waals surface area contributed by atoms with Crippen molar-refractivity contribution >= 4 is 43.5 Å². The van der Waals surface area contributed by atoms with Crippen LogP contribution in [0.5, 0.6) is 11.5 Å². The Hall–Kier alpha value is -4.35. The molecule has 0 fully saturated rings. The molecule has 1 atom stereocenters. The quantitative estimate of drug-likeness (QED) is 0.205. The number of sulfonamides is 1. The van der Waals surface area contributed by atoms with E-state index in [9.17, 15) is 18.0 Å². The van der Waals surface area contributed by atoms with Crippen LogP contribution < -0.4 is 19.1 Å². The third kappa shape index (κ3) is 8.72. The maximum Gasteiger partial charge on any atom is 0.264 e. The number of halogens is 1. The molecule has 1 aliphatic rings. The van der Waals surface area contributed by atoms with Gasteiger partial charge in [0.1, 0.15) is 25.8 Å². The molecule has 2 amide bonds. The highest BCUT2D eigenvalue weighted by Gasteiger charge is 2.36. The van der Waals surface area contributed by atoms with Gasteiger partial charge in [0.2, 0.25) is 11.8 Å². The number of nitrogens with zero attached hydrogens (tertiary/aromatic N) is 2. The largest absolute Gasteiger partial charge is 0.486 e. The Bertz CT molecular complexity index is 1800. The van der Waals surface area contributed by atoms with Crippen molar-refractivity contribution in [3.8, 4) is 11.5 Å². The van der Waals surface area contributed by atoms with Gasteiger partial charge in [0.25, 0.3) is 10.0 Å². The first-order valence-electron chi connectivity index (χ1n) is 15.3. The molecule has 1 heterocycles. The molecular formula is C36H38BrN3O6S. The van der Waals surface area contributed by atoms with E-state index in [1.54, 1.807) is 36.4 Å². The minimum absolute atomic E-state index is 0.0217. The molecule has 9 nitrogen and oxygen atoms in total. The zero-order chi connectivity index (χ0) is 33.6. The molecule has 1 unspecified atom stereocenters. The highest BCUT2D eigenvalue weighted by molar-refractivity contribution is 9.10. The molecule has 1 aliphatic heterocycles. The SMILES string of the molecule is CC(C)(C)NC(=O)C(Cc1ccccc1)N(Cc1ccc(Br)cc1)C(=O)CN(c1ccc2c(c1)OCCO2)S(=O)(=O)c1ccccc1. The highest BCUT2D eigenvalue weighted by Crippen LogP contribution is 2.36. The number of ether oxygens (including phenoxy) is 2. The second-order valence-electron chi connectivity index (χ2n) is 12.2. The van der Waals surface area contributed by atoms with Crippen LogP contribution in [0.2, 0.25) is 0 Å². The van der Waals surface area contributed by atoms with Crippen molar-refractivity contribution in [2.24, 2.45) is 0 Å². The molecule has 5 rings (SSSR count). The molecule has 0 saturated carbocycles. The van der Waals surface area contributed by atoms with Crippen molar-refractivity contribution in [1.82, 2.24) is 10.2 Å². The average molecular weight is 721 g/mol. The number of rotatable bonds is 11. The van der Waals surface area contributed by atoms with Gasteiger partial charge in [0, 0.05) is 29.0 Å². The van der Waals surface area contributed by atoms with Gasteiger partial charge < -0.3 is 19.7 Å². The number of carbonyl (C=O) groups excluding carboxylic acids is 2. The van der Waals surface area contributed by atoms with Gasteiger partial charge >= 0.3 is 0 Å². The average Bonchev–Trinajstić information content (AvgIpc) is 3.05. The monoisotopic (exact) mass is 719 g/mol. The molecule has 0 radical (unpaired) electrons. The molecule has 246 valence electrons. The summed E-state index contributed by atoms with van der Waals surface area (Å²) in [5, 5.41) is 3.04. The van der Waals surface area contributed by atoms with E-state index in [1.807, 2.05) is 75.4 Å². The number of anilines is 1. The lowest BCUT2D eigenvalue weighted by Gasteiger charge is -2.35. The standard InChI is InChI=1S/C36H38BrN3O6S/c1-36(2,3)38-35(42)31(22-26-10-6-4-7-11-26)39(24-27-14-16-28(37)17-15-27)34(41)25-40(47(43,44)30-12-8-5-9-13-30)29-18-19-32-33(23-29)46-21-20-45-32/h4-19,23,31H,20-22,24-25H2,1-3H3,(H,38,42). The van der Waals surface area contributed by atoms with Crippen molar-refractivity contribution < 1.29 is 27.5 Å². The maximum atomic E-state index is 14.6. The van der Waals surface area contributed by atoms with E-state index in [1.165, 1.54) is 17.0 Å². The van der Waals surface area contributed by atoms with E-state index in [4.69, 9.17) is 9.47 Å². The first kappa shape index (κ1) is 34.0. The maximum absolute atomic E-state index is 14.6. The van der Waals surface area contributed by atoms with Crippen molar-refractivity contribution in [3.05, 3.63) is 119 Å². The van der Waals surface area contributed by atoms with E-state index in [-0.39, 0.29) is 29.5 Å². The molecule has 1 N–H and O–H groups in total. The lowest BCUT2D eigenvalue weighted by Crippen LogP contribution is -2.56. The first-order chi connectivity index (χ1) is 22.4. The minimum Gasteiger partial charge on any atom is -0.486 e. The van der Waals surface area contributed by atoms with E-state index in [2.05, 4.69) is 21.2 Å². The normalized spacial score (nSPS) is 13.4. The summed E-state index contributed by atoms with van der Waals surface area (Å²) in [5.74, 6) is -0.0226. The molecule has 0 saturated heterocycles. The minimum atomic E-state index is -4.24. The Balaban J connectivity index is 1.59. The number of carbonyl (C=O) groups is 2. The summed E-state index contributed by atoms with van der Waals surface area (Å²) in [6.07, 6.45) is 0.223. The molecule has 11 heteroatoms. The van der Waals surface area contributed by atoms with Gasteiger partial charge in [-0.15, -0.1) is 0 Å². The molecule has 4 aromatic rings. The Labute approximate surface area is 284 Å². The number of fused-ring (bicyclic) bond motifs is 1. The summed E-state index contributed by atoms with van der Waals surface area (Å²) in [5.41, 5.74) is 1.29. The lowest BCUT2D eigenvalue weighted by molar-refractivity contribution is -0.140. The summed E-state index contributed by atoms with van der Waals surface area (Å²) in [4.78, 5) is 30.2. The van der Waals surface area contributed by atoms with Crippen LogP contribution in [0.15, 0.2) is 112 Å². The van der Waals surface area contributed by atoms with Crippen LogP contribution >= 0.6 is 15.9 Å². The summed E-state index contributed by atoms with van der Waals surface area (Å²) < 4.78 is 41.8. The summed E-state index contributed by atoms with van der Waals surface area (Å²) in [7, 11) is -4.24. The van der Waals surface area contributed by atoms with Crippen LogP contribution in [-0.4, -0.2) is 56.5 Å². The van der Waals surface area contributed by atoms with Crippen molar-refractivity contribution in [2.45, 2.75) is 50.2 Å². The van der Waals surface area contributed by atoms with Gasteiger partial charge in [-0.25, -0.2) is 8.42 Å². The third-order valence-corrected chi connectivity index (χ3v) is 9.78. The van der Waals surface area contributed by atoms with Crippen molar-refractivity contribution in [1.29, 1.82) is 0 Å². The predicted molar refractivity (Wildman–Crippen MR) is 185 cm³/mol. The molecule has 0 bridgehead atoms.